The molecule has 5 nitrogen and oxygen atoms in total. The molecule has 2 heterocycles. The van der Waals surface area contributed by atoms with Gasteiger partial charge in [0.15, 0.2) is 11.4 Å². The zero-order chi connectivity index (χ0) is 13.2. The lowest BCUT2D eigenvalue weighted by molar-refractivity contribution is 0.0687. The van der Waals surface area contributed by atoms with Gasteiger partial charge in [-0.1, -0.05) is 6.07 Å². The lowest BCUT2D eigenvalue weighted by Crippen LogP contribution is -2.03. The van der Waals surface area contributed by atoms with Gasteiger partial charge in [0.25, 0.3) is 0 Å². The third-order valence-electron chi connectivity index (χ3n) is 3.09. The van der Waals surface area contributed by atoms with E-state index in [0.717, 1.165) is 25.0 Å². The number of hydrogen-bond acceptors (Lipinski definition) is 4. The molecule has 2 aromatic heterocycles. The fourth-order valence-corrected chi connectivity index (χ4v) is 2.20. The molecule has 0 unspecified atom stereocenters. The topological polar surface area (TPSA) is 72.3 Å². The summed E-state index contributed by atoms with van der Waals surface area (Å²) in [6.07, 6.45) is 4.53. The minimum atomic E-state index is -1.11. The quantitative estimate of drug-likeness (QED) is 0.913. The molecular weight excluding hydrogens is 244 g/mol. The maximum Gasteiger partial charge on any atom is 0.358 e. The fourth-order valence-electron chi connectivity index (χ4n) is 2.20. The van der Waals surface area contributed by atoms with Crippen LogP contribution in [-0.4, -0.2) is 21.0 Å². The van der Waals surface area contributed by atoms with Crippen LogP contribution in [0.3, 0.4) is 0 Å². The number of carboxylic acid groups (broad SMARTS) is 1. The van der Waals surface area contributed by atoms with E-state index in [2.05, 4.69) is 9.97 Å². The second-order valence-corrected chi connectivity index (χ2v) is 4.37. The monoisotopic (exact) mass is 256 g/mol. The van der Waals surface area contributed by atoms with Crippen LogP contribution in [0.1, 0.15) is 28.2 Å². The molecule has 0 bridgehead atoms. The average molecular weight is 256 g/mol. The maximum absolute atomic E-state index is 11.0. The van der Waals surface area contributed by atoms with Crippen molar-refractivity contribution in [3.63, 3.8) is 0 Å². The smallest absolute Gasteiger partial charge is 0.358 e. The van der Waals surface area contributed by atoms with Crippen molar-refractivity contribution < 1.29 is 14.6 Å². The summed E-state index contributed by atoms with van der Waals surface area (Å²) in [5, 5.41) is 9.04. The third-order valence-corrected chi connectivity index (χ3v) is 3.09. The summed E-state index contributed by atoms with van der Waals surface area (Å²) in [6, 6.07) is 6.96. The summed E-state index contributed by atoms with van der Waals surface area (Å²) in [7, 11) is 0. The van der Waals surface area contributed by atoms with Crippen LogP contribution in [0.2, 0.25) is 0 Å². The number of hydrogen-bond donors (Lipinski definition) is 1. The van der Waals surface area contributed by atoms with E-state index in [1.54, 1.807) is 18.2 Å². The van der Waals surface area contributed by atoms with Crippen LogP contribution < -0.4 is 4.74 Å². The molecule has 19 heavy (non-hydrogen) atoms. The molecule has 0 saturated carbocycles. The number of aryl methyl sites for hydroxylation is 2. The van der Waals surface area contributed by atoms with Gasteiger partial charge in [-0.05, 0) is 37.0 Å². The Labute approximate surface area is 109 Å². The van der Waals surface area contributed by atoms with Gasteiger partial charge < -0.3 is 9.84 Å². The standard InChI is InChI=1S/C14H12N2O3/c17-14(18)13-11(5-2-8-15-13)19-12-7-6-9-3-1-4-10(9)16-12/h2,5-8H,1,3-4H2,(H,17,18). The van der Waals surface area contributed by atoms with Crippen molar-refractivity contribution in [3.8, 4) is 11.6 Å². The number of aromatic carboxylic acids is 1. The fraction of sp³-hybridized carbons (Fsp3) is 0.214. The normalized spacial score (nSPS) is 13.1. The van der Waals surface area contributed by atoms with Crippen molar-refractivity contribution in [3.05, 3.63) is 47.4 Å². The molecule has 3 rings (SSSR count). The van der Waals surface area contributed by atoms with E-state index in [0.29, 0.717) is 5.88 Å². The first-order valence-corrected chi connectivity index (χ1v) is 6.09. The molecule has 1 N–H and O–H groups in total. The lowest BCUT2D eigenvalue weighted by atomic mass is 10.2. The first-order valence-electron chi connectivity index (χ1n) is 6.09. The van der Waals surface area contributed by atoms with Crippen LogP contribution in [0.15, 0.2) is 30.5 Å². The Morgan fingerprint density at radius 3 is 3.00 bits per heavy atom. The minimum Gasteiger partial charge on any atom is -0.476 e. The van der Waals surface area contributed by atoms with Gasteiger partial charge in [0.1, 0.15) is 0 Å². The number of ether oxygens (including phenoxy) is 1. The number of carboxylic acids is 1. The summed E-state index contributed by atoms with van der Waals surface area (Å²) in [4.78, 5) is 19.2. The van der Waals surface area contributed by atoms with Gasteiger partial charge in [-0.2, -0.15) is 0 Å². The molecule has 0 atom stereocenters. The Kier molecular flexibility index (Phi) is 2.87. The summed E-state index contributed by atoms with van der Waals surface area (Å²) in [5.41, 5.74) is 2.18. The highest BCUT2D eigenvalue weighted by Gasteiger charge is 2.16. The van der Waals surface area contributed by atoms with Gasteiger partial charge in [0, 0.05) is 18.0 Å². The van der Waals surface area contributed by atoms with Gasteiger partial charge in [-0.3, -0.25) is 0 Å². The van der Waals surface area contributed by atoms with Crippen LogP contribution in [0, 0.1) is 0 Å². The van der Waals surface area contributed by atoms with Crippen LogP contribution >= 0.6 is 0 Å². The van der Waals surface area contributed by atoms with Crippen LogP contribution in [0.4, 0.5) is 0 Å². The number of aromatic nitrogens is 2. The van der Waals surface area contributed by atoms with Gasteiger partial charge >= 0.3 is 5.97 Å². The summed E-state index contributed by atoms with van der Waals surface area (Å²) in [6.45, 7) is 0. The van der Waals surface area contributed by atoms with Crippen molar-refractivity contribution >= 4 is 5.97 Å². The summed E-state index contributed by atoms with van der Waals surface area (Å²) >= 11 is 0. The van der Waals surface area contributed by atoms with Crippen LogP contribution in [0.5, 0.6) is 11.6 Å². The summed E-state index contributed by atoms with van der Waals surface area (Å²) in [5.74, 6) is -0.492. The maximum atomic E-state index is 11.0. The largest absolute Gasteiger partial charge is 0.476 e. The van der Waals surface area contributed by atoms with E-state index >= 15 is 0 Å². The van der Waals surface area contributed by atoms with Crippen molar-refractivity contribution in [2.75, 3.05) is 0 Å². The molecule has 5 heteroatoms. The van der Waals surface area contributed by atoms with Crippen molar-refractivity contribution in [1.29, 1.82) is 0 Å². The van der Waals surface area contributed by atoms with E-state index in [1.165, 1.54) is 11.8 Å². The second kappa shape index (κ2) is 4.68. The first-order chi connectivity index (χ1) is 9.24. The van der Waals surface area contributed by atoms with Crippen LogP contribution in [-0.2, 0) is 12.8 Å². The van der Waals surface area contributed by atoms with E-state index in [-0.39, 0.29) is 11.4 Å². The van der Waals surface area contributed by atoms with E-state index in [4.69, 9.17) is 9.84 Å². The van der Waals surface area contributed by atoms with E-state index in [9.17, 15) is 4.79 Å². The molecule has 1 aliphatic carbocycles. The molecule has 0 amide bonds. The van der Waals surface area contributed by atoms with Crippen molar-refractivity contribution in [1.82, 2.24) is 9.97 Å². The van der Waals surface area contributed by atoms with Gasteiger partial charge in [0.2, 0.25) is 5.88 Å². The van der Waals surface area contributed by atoms with Gasteiger partial charge in [-0.15, -0.1) is 0 Å². The van der Waals surface area contributed by atoms with Crippen molar-refractivity contribution in [2.24, 2.45) is 0 Å². The molecule has 0 saturated heterocycles. The molecule has 0 radical (unpaired) electrons. The predicted molar refractivity (Wildman–Crippen MR) is 67.5 cm³/mol. The summed E-state index contributed by atoms with van der Waals surface area (Å²) < 4.78 is 5.54. The molecule has 0 fully saturated rings. The second-order valence-electron chi connectivity index (χ2n) is 4.37. The highest BCUT2D eigenvalue weighted by molar-refractivity contribution is 5.88. The number of rotatable bonds is 3. The highest BCUT2D eigenvalue weighted by atomic mass is 16.5. The number of fused-ring (bicyclic) bond motifs is 1. The van der Waals surface area contributed by atoms with E-state index in [1.807, 2.05) is 6.07 Å². The minimum absolute atomic E-state index is 0.107. The lowest BCUT2D eigenvalue weighted by Gasteiger charge is -2.08. The number of pyridine rings is 2. The molecule has 0 spiro atoms. The Morgan fingerprint density at radius 1 is 1.26 bits per heavy atom. The Morgan fingerprint density at radius 2 is 2.16 bits per heavy atom. The highest BCUT2D eigenvalue weighted by Crippen LogP contribution is 2.26. The predicted octanol–water partition coefficient (Wildman–Crippen LogP) is 2.46. The van der Waals surface area contributed by atoms with Crippen LogP contribution in [0.25, 0.3) is 0 Å². The molecule has 2 aromatic rings. The number of nitrogens with zero attached hydrogens (tertiary/aromatic N) is 2. The SMILES string of the molecule is O=C(O)c1ncccc1Oc1ccc2c(n1)CCC2. The third kappa shape index (κ3) is 2.27. The average Bonchev–Trinajstić information content (AvgIpc) is 2.86. The molecule has 96 valence electrons. The Balaban J connectivity index is 1.91. The molecule has 0 aliphatic heterocycles. The van der Waals surface area contributed by atoms with E-state index < -0.39 is 5.97 Å². The zero-order valence-corrected chi connectivity index (χ0v) is 10.2. The molecule has 1 aliphatic rings. The van der Waals surface area contributed by atoms with Gasteiger partial charge in [-0.25, -0.2) is 14.8 Å². The zero-order valence-electron chi connectivity index (χ0n) is 10.2. The number of carbonyl (C=O) groups is 1. The Hall–Kier alpha value is -2.43. The van der Waals surface area contributed by atoms with Crippen molar-refractivity contribution in [2.45, 2.75) is 19.3 Å². The Bertz CT molecular complexity index is 640. The van der Waals surface area contributed by atoms with Gasteiger partial charge in [0.05, 0.1) is 0 Å². The first kappa shape index (κ1) is 11.6. The molecule has 0 aromatic carbocycles. The molecular formula is C14H12N2O3.